The van der Waals surface area contributed by atoms with E-state index in [1.54, 1.807) is 6.07 Å². The van der Waals surface area contributed by atoms with Gasteiger partial charge >= 0.3 is 6.01 Å². The number of ether oxygens (including phenoxy) is 1. The van der Waals surface area contributed by atoms with Gasteiger partial charge in [-0.15, -0.1) is 6.42 Å². The number of terminal acetylenes is 1. The van der Waals surface area contributed by atoms with Gasteiger partial charge in [-0.2, -0.15) is 9.97 Å². The second-order valence-corrected chi connectivity index (χ2v) is 16.6. The van der Waals surface area contributed by atoms with Crippen LogP contribution < -0.4 is 15.0 Å². The molecule has 52 heavy (non-hydrogen) atoms. The number of hydrogen-bond acceptors (Lipinski definition) is 7. The van der Waals surface area contributed by atoms with Crippen LogP contribution in [0, 0.1) is 34.8 Å². The van der Waals surface area contributed by atoms with Gasteiger partial charge in [0.2, 0.25) is 0 Å². The lowest BCUT2D eigenvalue weighted by Gasteiger charge is -2.35. The number of phenolic OH excluding ortho intramolecular Hbond substituents is 1. The Labute approximate surface area is 299 Å². The number of alkyl halides is 2. The van der Waals surface area contributed by atoms with Crippen LogP contribution in [0.1, 0.15) is 74.8 Å². The molecule has 10 rings (SSSR count). The van der Waals surface area contributed by atoms with Gasteiger partial charge in [0.15, 0.2) is 5.82 Å². The summed E-state index contributed by atoms with van der Waals surface area (Å²) in [5.41, 5.74) is 0.386. The Kier molecular flexibility index (Phi) is 7.14. The number of benzene rings is 3. The summed E-state index contributed by atoms with van der Waals surface area (Å²) in [5, 5.41) is 16.0. The topological polar surface area (TPSA) is 73.8 Å². The fourth-order valence-electron chi connectivity index (χ4n) is 9.64. The van der Waals surface area contributed by atoms with Crippen LogP contribution in [0.15, 0.2) is 30.3 Å². The van der Waals surface area contributed by atoms with Crippen molar-refractivity contribution in [2.24, 2.45) is 10.8 Å². The quantitative estimate of drug-likeness (QED) is 0.145. The first-order chi connectivity index (χ1) is 25.0. The minimum Gasteiger partial charge on any atom is -0.508 e. The second kappa shape index (κ2) is 11.4. The van der Waals surface area contributed by atoms with E-state index >= 15 is 8.78 Å². The molecule has 6 aliphatic rings. The summed E-state index contributed by atoms with van der Waals surface area (Å²) in [4.78, 5) is 14.1. The molecule has 2 N–H and O–H groups in total. The lowest BCUT2D eigenvalue weighted by Crippen LogP contribution is -2.51. The molecule has 11 heteroatoms. The molecule has 3 saturated carbocycles. The first-order valence-corrected chi connectivity index (χ1v) is 18.7. The molecular weight excluding hydrogens is 670 g/mol. The van der Waals surface area contributed by atoms with Crippen molar-refractivity contribution in [1.29, 1.82) is 0 Å². The molecule has 6 fully saturated rings. The highest BCUT2D eigenvalue weighted by Crippen LogP contribution is 2.65. The number of halogens is 4. The molecule has 270 valence electrons. The first kappa shape index (κ1) is 32.5. The zero-order valence-corrected chi connectivity index (χ0v) is 29.0. The van der Waals surface area contributed by atoms with E-state index in [0.717, 1.165) is 70.1 Å². The van der Waals surface area contributed by atoms with Crippen molar-refractivity contribution >= 4 is 27.5 Å². The van der Waals surface area contributed by atoms with Crippen molar-refractivity contribution in [2.75, 3.05) is 44.2 Å². The zero-order chi connectivity index (χ0) is 35.6. The van der Waals surface area contributed by atoms with E-state index in [1.165, 1.54) is 18.2 Å². The molecular formula is C41H41F4N5O2. The van der Waals surface area contributed by atoms with Crippen molar-refractivity contribution in [3.63, 3.8) is 0 Å². The Morgan fingerprint density at radius 3 is 2.48 bits per heavy atom. The normalized spacial score (nSPS) is 27.3. The molecule has 2 bridgehead atoms. The van der Waals surface area contributed by atoms with Crippen molar-refractivity contribution in [1.82, 2.24) is 20.2 Å². The maximum atomic E-state index is 17.6. The van der Waals surface area contributed by atoms with Gasteiger partial charge in [-0.05, 0) is 105 Å². The third-order valence-electron chi connectivity index (χ3n) is 12.8. The molecule has 3 atom stereocenters. The number of anilines is 1. The third-order valence-corrected chi connectivity index (χ3v) is 12.8. The number of piperidine rings is 1. The molecule has 3 saturated heterocycles. The van der Waals surface area contributed by atoms with E-state index in [1.807, 2.05) is 6.07 Å². The Bertz CT molecular complexity index is 2180. The number of likely N-dealkylation sites (tertiary alicyclic amines) is 1. The lowest BCUT2D eigenvalue weighted by molar-refractivity contribution is 0.0167. The molecule has 0 amide bonds. The van der Waals surface area contributed by atoms with Gasteiger partial charge in [-0.3, -0.25) is 0 Å². The monoisotopic (exact) mass is 711 g/mol. The largest absolute Gasteiger partial charge is 0.508 e. The molecule has 1 spiro atoms. The van der Waals surface area contributed by atoms with Crippen molar-refractivity contribution in [2.45, 2.75) is 81.7 Å². The number of nitrogens with zero attached hydrogens (tertiary/aromatic N) is 4. The Balaban J connectivity index is 1.07. The number of aromatic nitrogens is 2. The molecule has 4 heterocycles. The van der Waals surface area contributed by atoms with Crippen molar-refractivity contribution in [3.05, 3.63) is 53.1 Å². The van der Waals surface area contributed by atoms with Gasteiger partial charge in [0, 0.05) is 66.4 Å². The average Bonchev–Trinajstić information content (AvgIpc) is 4.07. The molecule has 3 aromatic carbocycles. The third kappa shape index (κ3) is 5.31. The number of hydrogen-bond donors (Lipinski definition) is 2. The average molecular weight is 712 g/mol. The summed E-state index contributed by atoms with van der Waals surface area (Å²) in [6, 6.07) is 8.45. The summed E-state index contributed by atoms with van der Waals surface area (Å²) in [6.07, 6.45) is 12.8. The molecule has 3 unspecified atom stereocenters. The predicted molar refractivity (Wildman–Crippen MR) is 191 cm³/mol. The van der Waals surface area contributed by atoms with Crippen LogP contribution in [-0.4, -0.2) is 77.3 Å². The van der Waals surface area contributed by atoms with Gasteiger partial charge in [0.05, 0.1) is 17.6 Å². The fraction of sp³-hybridized carbons (Fsp3) is 0.512. The van der Waals surface area contributed by atoms with E-state index in [9.17, 15) is 13.9 Å². The number of fused-ring (bicyclic) bond motifs is 4. The van der Waals surface area contributed by atoms with E-state index < -0.39 is 23.0 Å². The molecule has 3 aliphatic carbocycles. The van der Waals surface area contributed by atoms with Crippen LogP contribution in [0.5, 0.6) is 11.8 Å². The van der Waals surface area contributed by atoms with E-state index in [2.05, 4.69) is 21.0 Å². The van der Waals surface area contributed by atoms with Crippen LogP contribution in [0.2, 0.25) is 0 Å². The molecule has 7 nitrogen and oxygen atoms in total. The second-order valence-electron chi connectivity index (χ2n) is 16.6. The van der Waals surface area contributed by atoms with Crippen molar-refractivity contribution in [3.8, 4) is 35.2 Å². The summed E-state index contributed by atoms with van der Waals surface area (Å²) in [6.45, 7) is 3.63. The summed E-state index contributed by atoms with van der Waals surface area (Å²) in [5.74, 6) is -0.661. The standard InChI is InChI=1S/C41H41F4N5O2/c1-2-28-32(42)9-6-24-14-27(51)15-30(33(24)28)34-29(23-4-5-23)16-31-36(35(34)43)47-38(48-37(31)50-17-25-7-8-26(18-50)46-25)52-22-39(11-12-39)20-49-13-3-10-40(21-49)19-41(40,44)45/h1,6,9,14-16,23,25-26,46,51H,3-5,7-8,10-13,17-22H2. The van der Waals surface area contributed by atoms with E-state index in [0.29, 0.717) is 65.7 Å². The van der Waals surface area contributed by atoms with Crippen LogP contribution >= 0.6 is 0 Å². The minimum absolute atomic E-state index is 0.0113. The molecule has 1 aromatic heterocycles. The number of nitrogens with one attached hydrogen (secondary N) is 1. The van der Waals surface area contributed by atoms with E-state index in [-0.39, 0.29) is 46.2 Å². The van der Waals surface area contributed by atoms with Gasteiger partial charge in [-0.1, -0.05) is 12.0 Å². The van der Waals surface area contributed by atoms with Gasteiger partial charge < -0.3 is 25.0 Å². The van der Waals surface area contributed by atoms with Gasteiger partial charge in [0.1, 0.15) is 22.9 Å². The Hall–Kier alpha value is -4.14. The molecule has 4 aromatic rings. The first-order valence-electron chi connectivity index (χ1n) is 18.7. The van der Waals surface area contributed by atoms with Crippen LogP contribution in [0.25, 0.3) is 32.8 Å². The minimum atomic E-state index is -2.57. The lowest BCUT2D eigenvalue weighted by atomic mass is 9.88. The summed E-state index contributed by atoms with van der Waals surface area (Å²) < 4.78 is 67.7. The summed E-state index contributed by atoms with van der Waals surface area (Å²) >= 11 is 0. The van der Waals surface area contributed by atoms with Gasteiger partial charge in [-0.25, -0.2) is 17.6 Å². The summed E-state index contributed by atoms with van der Waals surface area (Å²) in [7, 11) is 0. The van der Waals surface area contributed by atoms with Crippen LogP contribution in [0.3, 0.4) is 0 Å². The number of piperazine rings is 1. The highest BCUT2D eigenvalue weighted by molar-refractivity contribution is 6.05. The smallest absolute Gasteiger partial charge is 0.319 e. The highest BCUT2D eigenvalue weighted by atomic mass is 19.3. The van der Waals surface area contributed by atoms with E-state index in [4.69, 9.17) is 21.1 Å². The number of aromatic hydroxyl groups is 1. The van der Waals surface area contributed by atoms with Crippen LogP contribution in [0.4, 0.5) is 23.4 Å². The maximum absolute atomic E-state index is 17.6. The zero-order valence-electron chi connectivity index (χ0n) is 29.0. The molecule has 0 radical (unpaired) electrons. The maximum Gasteiger partial charge on any atom is 0.319 e. The van der Waals surface area contributed by atoms with Gasteiger partial charge in [0.25, 0.3) is 5.92 Å². The molecule has 3 aliphatic heterocycles. The number of phenols is 1. The highest BCUT2D eigenvalue weighted by Gasteiger charge is 2.71. The van der Waals surface area contributed by atoms with Crippen molar-refractivity contribution < 1.29 is 27.4 Å². The fourth-order valence-corrected chi connectivity index (χ4v) is 9.64. The SMILES string of the molecule is C#Cc1c(F)ccc2cc(O)cc(-c3c(C4CC4)cc4c(N5CC6CCC(C5)N6)nc(OCC5(CN6CCCC7(C6)CC7(F)F)CC5)nc4c3F)c12. The Morgan fingerprint density at radius 2 is 1.79 bits per heavy atom. The van der Waals surface area contributed by atoms with Crippen LogP contribution in [-0.2, 0) is 0 Å². The Morgan fingerprint density at radius 1 is 1.02 bits per heavy atom. The predicted octanol–water partition coefficient (Wildman–Crippen LogP) is 7.51. The number of rotatable bonds is 8.